The third-order valence-corrected chi connectivity index (χ3v) is 4.95. The van der Waals surface area contributed by atoms with E-state index >= 15 is 0 Å². The summed E-state index contributed by atoms with van der Waals surface area (Å²) >= 11 is 2.38. The van der Waals surface area contributed by atoms with Crippen molar-refractivity contribution in [1.82, 2.24) is 0 Å². The lowest BCUT2D eigenvalue weighted by atomic mass is 9.95. The summed E-state index contributed by atoms with van der Waals surface area (Å²) in [6.45, 7) is 6.72. The molecule has 1 N–H and O–H groups in total. The number of nitrogens with zero attached hydrogens (tertiary/aromatic N) is 1. The van der Waals surface area contributed by atoms with Crippen LogP contribution in [0.3, 0.4) is 0 Å². The molecule has 0 saturated heterocycles. The Morgan fingerprint density at radius 3 is 2.56 bits per heavy atom. The molecular formula is C15H24INO. The van der Waals surface area contributed by atoms with Crippen LogP contribution in [-0.2, 0) is 0 Å². The normalized spacial score (nSPS) is 27.2. The summed E-state index contributed by atoms with van der Waals surface area (Å²) in [5, 5.41) is 10.1. The molecule has 1 fully saturated rings. The molecule has 1 unspecified atom stereocenters. The quantitative estimate of drug-likeness (QED) is 0.751. The summed E-state index contributed by atoms with van der Waals surface area (Å²) < 4.78 is 1.17. The summed E-state index contributed by atoms with van der Waals surface area (Å²) in [4.78, 5) is 4.86. The highest BCUT2D eigenvalue weighted by Gasteiger charge is 2.32. The van der Waals surface area contributed by atoms with Crippen molar-refractivity contribution in [3.63, 3.8) is 0 Å². The summed E-state index contributed by atoms with van der Waals surface area (Å²) in [5.74, 6) is 1.12. The fraction of sp³-hybridized carbons (Fsp3) is 0.800. The molecule has 0 amide bonds. The van der Waals surface area contributed by atoms with Crippen LogP contribution in [0, 0.1) is 11.8 Å². The van der Waals surface area contributed by atoms with Crippen LogP contribution in [0.15, 0.2) is 16.1 Å². The molecule has 2 atom stereocenters. The molecular weight excluding hydrogens is 337 g/mol. The molecule has 1 aliphatic heterocycles. The fourth-order valence-corrected chi connectivity index (χ4v) is 4.32. The number of aliphatic imine (C=N–C) groups is 1. The Kier molecular flexibility index (Phi) is 4.86. The first-order valence-corrected chi connectivity index (χ1v) is 8.18. The fourth-order valence-electron chi connectivity index (χ4n) is 2.84. The van der Waals surface area contributed by atoms with Crippen molar-refractivity contribution in [2.24, 2.45) is 16.8 Å². The second kappa shape index (κ2) is 6.04. The number of hydrogen-bond donors (Lipinski definition) is 1. The Morgan fingerprint density at radius 1 is 1.33 bits per heavy atom. The second-order valence-corrected chi connectivity index (χ2v) is 7.12. The predicted molar refractivity (Wildman–Crippen MR) is 85.4 cm³/mol. The zero-order valence-electron chi connectivity index (χ0n) is 11.6. The topological polar surface area (TPSA) is 32.6 Å². The van der Waals surface area contributed by atoms with Crippen molar-refractivity contribution in [3.8, 4) is 0 Å². The van der Waals surface area contributed by atoms with Crippen LogP contribution in [0.25, 0.3) is 0 Å². The van der Waals surface area contributed by atoms with Crippen molar-refractivity contribution in [2.45, 2.75) is 65.0 Å². The standard InChI is InChI=1S/C15H24INO/c1-9(2)14-10(3)4-7-12(17-15(14)16)8-13(18)11-5-6-11/h9,11-13,18H,4-8H2,1-3H3/t12-,13?/m0/s1. The van der Waals surface area contributed by atoms with E-state index in [1.165, 1.54) is 27.7 Å². The Balaban J connectivity index is 2.05. The van der Waals surface area contributed by atoms with E-state index in [4.69, 9.17) is 4.99 Å². The minimum atomic E-state index is -0.121. The van der Waals surface area contributed by atoms with E-state index in [1.54, 1.807) is 0 Å². The molecule has 2 rings (SSSR count). The van der Waals surface area contributed by atoms with E-state index in [-0.39, 0.29) is 6.10 Å². The zero-order chi connectivity index (χ0) is 13.3. The van der Waals surface area contributed by atoms with Gasteiger partial charge in [-0.25, -0.2) is 0 Å². The van der Waals surface area contributed by atoms with Gasteiger partial charge in [-0.2, -0.15) is 0 Å². The highest BCUT2D eigenvalue weighted by molar-refractivity contribution is 14.1. The number of allylic oxidation sites excluding steroid dienone is 2. The van der Waals surface area contributed by atoms with Crippen LogP contribution >= 0.6 is 22.6 Å². The van der Waals surface area contributed by atoms with Crippen LogP contribution in [0.2, 0.25) is 0 Å². The van der Waals surface area contributed by atoms with E-state index in [9.17, 15) is 5.11 Å². The lowest BCUT2D eigenvalue weighted by Crippen LogP contribution is -2.18. The van der Waals surface area contributed by atoms with Gasteiger partial charge in [-0.3, -0.25) is 4.99 Å². The molecule has 0 bridgehead atoms. The Bertz CT molecular complexity index is 369. The molecule has 1 aliphatic carbocycles. The first kappa shape index (κ1) is 14.5. The van der Waals surface area contributed by atoms with Crippen molar-refractivity contribution in [1.29, 1.82) is 0 Å². The van der Waals surface area contributed by atoms with Gasteiger partial charge in [0.2, 0.25) is 0 Å². The monoisotopic (exact) mass is 361 g/mol. The molecule has 0 aromatic heterocycles. The highest BCUT2D eigenvalue weighted by Crippen LogP contribution is 2.36. The van der Waals surface area contributed by atoms with E-state index in [0.717, 1.165) is 19.3 Å². The van der Waals surface area contributed by atoms with Crippen LogP contribution in [0.1, 0.15) is 52.9 Å². The largest absolute Gasteiger partial charge is 0.393 e. The van der Waals surface area contributed by atoms with Crippen molar-refractivity contribution in [3.05, 3.63) is 11.1 Å². The van der Waals surface area contributed by atoms with Crippen molar-refractivity contribution >= 4 is 26.3 Å². The summed E-state index contributed by atoms with van der Waals surface area (Å²) in [6.07, 6.45) is 5.38. The van der Waals surface area contributed by atoms with Gasteiger partial charge in [0.15, 0.2) is 0 Å². The van der Waals surface area contributed by atoms with Gasteiger partial charge in [0, 0.05) is 0 Å². The molecule has 0 aromatic rings. The van der Waals surface area contributed by atoms with E-state index in [2.05, 4.69) is 43.4 Å². The van der Waals surface area contributed by atoms with Crippen LogP contribution < -0.4 is 0 Å². The van der Waals surface area contributed by atoms with Crippen molar-refractivity contribution in [2.75, 3.05) is 0 Å². The Labute approximate surface area is 124 Å². The third-order valence-electron chi connectivity index (χ3n) is 4.09. The minimum Gasteiger partial charge on any atom is -0.393 e. The number of hydrogen-bond acceptors (Lipinski definition) is 2. The molecule has 0 radical (unpaired) electrons. The first-order chi connectivity index (χ1) is 8.49. The maximum Gasteiger partial charge on any atom is 0.0991 e. The van der Waals surface area contributed by atoms with Gasteiger partial charge >= 0.3 is 0 Å². The van der Waals surface area contributed by atoms with E-state index in [0.29, 0.717) is 17.9 Å². The predicted octanol–water partition coefficient (Wildman–Crippen LogP) is 4.12. The van der Waals surface area contributed by atoms with Crippen LogP contribution in [0.4, 0.5) is 0 Å². The average Bonchev–Trinajstić information content (AvgIpc) is 3.07. The number of halogens is 1. The van der Waals surface area contributed by atoms with Gasteiger partial charge < -0.3 is 5.11 Å². The molecule has 18 heavy (non-hydrogen) atoms. The maximum atomic E-state index is 10.1. The second-order valence-electron chi connectivity index (χ2n) is 6.10. The smallest absolute Gasteiger partial charge is 0.0991 e. The highest BCUT2D eigenvalue weighted by atomic mass is 127. The van der Waals surface area contributed by atoms with Gasteiger partial charge in [-0.05, 0) is 79.0 Å². The van der Waals surface area contributed by atoms with Gasteiger partial charge in [0.05, 0.1) is 15.9 Å². The zero-order valence-corrected chi connectivity index (χ0v) is 13.8. The average molecular weight is 361 g/mol. The van der Waals surface area contributed by atoms with Gasteiger partial charge in [-0.1, -0.05) is 19.4 Å². The summed E-state index contributed by atoms with van der Waals surface area (Å²) in [6, 6.07) is 0.318. The Hall–Kier alpha value is 0.1000. The summed E-state index contributed by atoms with van der Waals surface area (Å²) in [7, 11) is 0. The van der Waals surface area contributed by atoms with Gasteiger partial charge in [-0.15, -0.1) is 0 Å². The lowest BCUT2D eigenvalue weighted by Gasteiger charge is -2.15. The summed E-state index contributed by atoms with van der Waals surface area (Å²) in [5.41, 5.74) is 2.92. The van der Waals surface area contributed by atoms with Gasteiger partial charge in [0.25, 0.3) is 0 Å². The van der Waals surface area contributed by atoms with Crippen LogP contribution in [-0.4, -0.2) is 21.0 Å². The minimum absolute atomic E-state index is 0.121. The number of rotatable bonds is 4. The Morgan fingerprint density at radius 2 is 2.00 bits per heavy atom. The lowest BCUT2D eigenvalue weighted by molar-refractivity contribution is 0.132. The molecule has 1 saturated carbocycles. The molecule has 3 heteroatoms. The van der Waals surface area contributed by atoms with E-state index in [1.807, 2.05) is 0 Å². The molecule has 0 spiro atoms. The van der Waals surface area contributed by atoms with E-state index < -0.39 is 0 Å². The molecule has 1 heterocycles. The molecule has 2 aliphatic rings. The SMILES string of the molecule is CC1=C(C(C)C)C(I)=N[C@H](CC(O)C2CC2)CC1. The van der Waals surface area contributed by atoms with Crippen LogP contribution in [0.5, 0.6) is 0 Å². The maximum absolute atomic E-state index is 10.1. The number of aliphatic hydroxyl groups excluding tert-OH is 1. The van der Waals surface area contributed by atoms with Gasteiger partial charge in [0.1, 0.15) is 0 Å². The molecule has 0 aromatic carbocycles. The third kappa shape index (κ3) is 3.56. The van der Waals surface area contributed by atoms with Crippen molar-refractivity contribution < 1.29 is 5.11 Å². The number of aliphatic hydroxyl groups is 1. The molecule has 2 nitrogen and oxygen atoms in total. The molecule has 102 valence electrons. The first-order valence-electron chi connectivity index (χ1n) is 7.10.